The van der Waals surface area contributed by atoms with E-state index in [0.29, 0.717) is 11.6 Å². The molecule has 1 aliphatic rings. The first kappa shape index (κ1) is 32.2. The SMILES string of the molecule is C1CCNC1.CCCCCCC(C)n1c(-c2ccc(OC)cc2)nc2cc(C=O)ccc21.CS(=O)c1ccccc1. The van der Waals surface area contributed by atoms with E-state index in [1.807, 2.05) is 72.8 Å². The summed E-state index contributed by atoms with van der Waals surface area (Å²) in [6.45, 7) is 6.99. The molecule has 1 N–H and O–H groups in total. The van der Waals surface area contributed by atoms with Crippen LogP contribution < -0.4 is 10.1 Å². The first-order chi connectivity index (χ1) is 20.0. The van der Waals surface area contributed by atoms with E-state index in [1.54, 1.807) is 13.4 Å². The number of benzene rings is 3. The van der Waals surface area contributed by atoms with Crippen LogP contribution in [0.2, 0.25) is 0 Å². The molecule has 3 aromatic carbocycles. The standard InChI is InChI=1S/C23H28N2O2.C7H8OS.C4H9N/c1-4-5-6-7-8-17(2)25-22-14-9-18(16-26)15-21(22)24-23(25)19-10-12-20(27-3)13-11-19;1-9(8)7-5-3-2-4-6-7;1-2-4-5-3-1/h9-17H,4-8H2,1-3H3;2-6H,1H3;5H,1-4H2. The number of imidazole rings is 1. The van der Waals surface area contributed by atoms with Gasteiger partial charge in [-0.3, -0.25) is 9.00 Å². The minimum absolute atomic E-state index is 0.339. The summed E-state index contributed by atoms with van der Waals surface area (Å²) in [4.78, 5) is 16.9. The number of nitrogens with one attached hydrogen (secondary N) is 1. The second kappa shape index (κ2) is 17.5. The lowest BCUT2D eigenvalue weighted by atomic mass is 10.1. The molecule has 0 amide bonds. The van der Waals surface area contributed by atoms with Gasteiger partial charge in [-0.1, -0.05) is 50.8 Å². The molecule has 1 aliphatic heterocycles. The van der Waals surface area contributed by atoms with Crippen molar-refractivity contribution >= 4 is 28.1 Å². The summed E-state index contributed by atoms with van der Waals surface area (Å²) in [5.74, 6) is 1.77. The molecule has 1 saturated heterocycles. The van der Waals surface area contributed by atoms with E-state index in [4.69, 9.17) is 9.72 Å². The third kappa shape index (κ3) is 9.94. The molecule has 0 bridgehead atoms. The molecule has 0 aliphatic carbocycles. The summed E-state index contributed by atoms with van der Waals surface area (Å²) in [7, 11) is 0.841. The first-order valence-electron chi connectivity index (χ1n) is 14.7. The van der Waals surface area contributed by atoms with Gasteiger partial charge in [0, 0.05) is 39.1 Å². The maximum absolute atomic E-state index is 11.2. The zero-order valence-corrected chi connectivity index (χ0v) is 25.8. The van der Waals surface area contributed by atoms with E-state index >= 15 is 0 Å². The molecule has 41 heavy (non-hydrogen) atoms. The molecule has 6 nitrogen and oxygen atoms in total. The Morgan fingerprint density at radius 2 is 1.71 bits per heavy atom. The number of aromatic nitrogens is 2. The molecule has 0 radical (unpaired) electrons. The van der Waals surface area contributed by atoms with Crippen molar-refractivity contribution in [1.82, 2.24) is 14.9 Å². The van der Waals surface area contributed by atoms with E-state index in [0.717, 1.165) is 45.8 Å². The molecule has 2 unspecified atom stereocenters. The highest BCUT2D eigenvalue weighted by Gasteiger charge is 2.17. The van der Waals surface area contributed by atoms with Crippen molar-refractivity contribution in [1.29, 1.82) is 0 Å². The Labute approximate surface area is 248 Å². The van der Waals surface area contributed by atoms with Crippen LogP contribution in [0.25, 0.3) is 22.4 Å². The number of carbonyl (C=O) groups excluding carboxylic acids is 1. The summed E-state index contributed by atoms with van der Waals surface area (Å²) in [6.07, 6.45) is 11.4. The maximum atomic E-state index is 11.2. The predicted molar refractivity (Wildman–Crippen MR) is 171 cm³/mol. The van der Waals surface area contributed by atoms with E-state index in [-0.39, 0.29) is 0 Å². The molecule has 0 saturated carbocycles. The number of carbonyl (C=O) groups is 1. The first-order valence-corrected chi connectivity index (χ1v) is 16.2. The number of rotatable bonds is 10. The van der Waals surface area contributed by atoms with Crippen molar-refractivity contribution < 1.29 is 13.7 Å². The second-order valence-electron chi connectivity index (χ2n) is 10.3. The van der Waals surface area contributed by atoms with Crippen LogP contribution in [-0.2, 0) is 10.8 Å². The molecule has 2 atom stereocenters. The van der Waals surface area contributed by atoms with Crippen LogP contribution >= 0.6 is 0 Å². The number of nitrogens with zero attached hydrogens (tertiary/aromatic N) is 2. The van der Waals surface area contributed by atoms with Crippen molar-refractivity contribution in [3.63, 3.8) is 0 Å². The summed E-state index contributed by atoms with van der Waals surface area (Å²) in [5, 5.41) is 3.22. The number of hydrogen-bond donors (Lipinski definition) is 1. The monoisotopic (exact) mass is 575 g/mol. The predicted octanol–water partition coefficient (Wildman–Crippen LogP) is 7.85. The molecule has 1 fully saturated rings. The minimum atomic E-state index is -0.829. The van der Waals surface area contributed by atoms with Crippen LogP contribution in [0, 0.1) is 0 Å². The van der Waals surface area contributed by atoms with Gasteiger partial charge in [0.1, 0.15) is 17.9 Å². The highest BCUT2D eigenvalue weighted by atomic mass is 32.2. The smallest absolute Gasteiger partial charge is 0.150 e. The lowest BCUT2D eigenvalue weighted by molar-refractivity contribution is 0.112. The highest BCUT2D eigenvalue weighted by Crippen LogP contribution is 2.32. The molecule has 220 valence electrons. The quantitative estimate of drug-likeness (QED) is 0.154. The number of hydrogen-bond acceptors (Lipinski definition) is 5. The molecule has 2 heterocycles. The van der Waals surface area contributed by atoms with Gasteiger partial charge >= 0.3 is 0 Å². The fraction of sp³-hybridized carbons (Fsp3) is 0.412. The Morgan fingerprint density at radius 3 is 2.24 bits per heavy atom. The average Bonchev–Trinajstić information content (AvgIpc) is 3.72. The summed E-state index contributed by atoms with van der Waals surface area (Å²) < 4.78 is 18.4. The van der Waals surface area contributed by atoms with E-state index in [1.165, 1.54) is 51.6 Å². The van der Waals surface area contributed by atoms with Gasteiger partial charge in [0.15, 0.2) is 0 Å². The van der Waals surface area contributed by atoms with Crippen LogP contribution in [-0.4, -0.2) is 46.5 Å². The van der Waals surface area contributed by atoms with Crippen LogP contribution in [0.4, 0.5) is 0 Å². The lowest BCUT2D eigenvalue weighted by Crippen LogP contribution is -2.07. The summed E-state index contributed by atoms with van der Waals surface area (Å²) in [5.41, 5.74) is 3.66. The van der Waals surface area contributed by atoms with Gasteiger partial charge in [-0.2, -0.15) is 0 Å². The summed E-state index contributed by atoms with van der Waals surface area (Å²) >= 11 is 0. The molecular formula is C34H45N3O3S. The van der Waals surface area contributed by atoms with Gasteiger partial charge in [0.2, 0.25) is 0 Å². The number of methoxy groups -OCH3 is 1. The Kier molecular flexibility index (Phi) is 13.8. The van der Waals surface area contributed by atoms with Crippen molar-refractivity contribution in [3.8, 4) is 17.1 Å². The van der Waals surface area contributed by atoms with Gasteiger partial charge < -0.3 is 14.6 Å². The topological polar surface area (TPSA) is 73.2 Å². The number of fused-ring (bicyclic) bond motifs is 1. The Bertz CT molecular complexity index is 1340. The zero-order chi connectivity index (χ0) is 29.5. The van der Waals surface area contributed by atoms with E-state index < -0.39 is 10.8 Å². The van der Waals surface area contributed by atoms with Crippen LogP contribution in [0.1, 0.15) is 75.2 Å². The van der Waals surface area contributed by atoms with E-state index in [9.17, 15) is 9.00 Å². The molecule has 7 heteroatoms. The van der Waals surface area contributed by atoms with Gasteiger partial charge in [-0.25, -0.2) is 4.98 Å². The Hall–Kier alpha value is -3.29. The Morgan fingerprint density at radius 1 is 1.00 bits per heavy atom. The fourth-order valence-electron chi connectivity index (χ4n) is 4.81. The third-order valence-electron chi connectivity index (χ3n) is 7.15. The van der Waals surface area contributed by atoms with Crippen molar-refractivity contribution in [2.24, 2.45) is 0 Å². The maximum Gasteiger partial charge on any atom is 0.150 e. The average molecular weight is 576 g/mol. The number of ether oxygens (including phenoxy) is 1. The van der Waals surface area contributed by atoms with Crippen LogP contribution in [0.5, 0.6) is 5.75 Å². The largest absolute Gasteiger partial charge is 0.497 e. The van der Waals surface area contributed by atoms with E-state index in [2.05, 4.69) is 23.7 Å². The fourth-order valence-corrected chi connectivity index (χ4v) is 5.35. The van der Waals surface area contributed by atoms with Gasteiger partial charge in [-0.15, -0.1) is 0 Å². The van der Waals surface area contributed by atoms with Crippen molar-refractivity contribution in [2.75, 3.05) is 26.5 Å². The number of unbranched alkanes of at least 4 members (excludes halogenated alkanes) is 3. The molecule has 0 spiro atoms. The minimum Gasteiger partial charge on any atom is -0.497 e. The van der Waals surface area contributed by atoms with Crippen molar-refractivity contribution in [2.45, 2.75) is 69.7 Å². The van der Waals surface area contributed by atoms with Gasteiger partial charge in [-0.05, 0) is 93.9 Å². The molecule has 4 aromatic rings. The van der Waals surface area contributed by atoms with Crippen LogP contribution in [0.15, 0.2) is 77.7 Å². The summed E-state index contributed by atoms with van der Waals surface area (Å²) in [6, 6.07) is 23.5. The highest BCUT2D eigenvalue weighted by molar-refractivity contribution is 7.84. The number of aldehydes is 1. The molecular weight excluding hydrogens is 530 g/mol. The molecule has 1 aromatic heterocycles. The van der Waals surface area contributed by atoms with Gasteiger partial charge in [0.25, 0.3) is 0 Å². The van der Waals surface area contributed by atoms with Gasteiger partial charge in [0.05, 0.1) is 18.1 Å². The van der Waals surface area contributed by atoms with Crippen molar-refractivity contribution in [3.05, 3.63) is 78.4 Å². The zero-order valence-electron chi connectivity index (χ0n) is 25.0. The van der Waals surface area contributed by atoms with Crippen LogP contribution in [0.3, 0.4) is 0 Å². The second-order valence-corrected chi connectivity index (χ2v) is 11.7. The molecule has 5 rings (SSSR count). The lowest BCUT2D eigenvalue weighted by Gasteiger charge is -2.18. The Balaban J connectivity index is 0.000000268. The normalized spacial score (nSPS) is 13.9. The third-order valence-corrected chi connectivity index (χ3v) is 8.08.